The third-order valence-corrected chi connectivity index (χ3v) is 4.10. The molecule has 0 fully saturated rings. The summed E-state index contributed by atoms with van der Waals surface area (Å²) < 4.78 is 35.9. The zero-order valence-electron chi connectivity index (χ0n) is 11.8. The van der Waals surface area contributed by atoms with Gasteiger partial charge in [0.05, 0.1) is 16.5 Å². The van der Waals surface area contributed by atoms with Crippen molar-refractivity contribution in [3.8, 4) is 0 Å². The van der Waals surface area contributed by atoms with Crippen LogP contribution in [0.15, 0.2) is 53.4 Å². The van der Waals surface area contributed by atoms with Crippen molar-refractivity contribution in [2.75, 3.05) is 0 Å². The number of carbonyl (C=O) groups is 1. The Balaban J connectivity index is 2.14. The van der Waals surface area contributed by atoms with Crippen LogP contribution in [-0.2, 0) is 10.0 Å². The Morgan fingerprint density at radius 1 is 1.14 bits per heavy atom. The maximum absolute atomic E-state index is 13.5. The van der Waals surface area contributed by atoms with E-state index in [4.69, 9.17) is 5.14 Å². The molecule has 2 aromatic carbocycles. The number of halogens is 1. The first-order valence-electron chi connectivity index (χ1n) is 6.47. The van der Waals surface area contributed by atoms with E-state index in [0.717, 1.165) is 0 Å². The topological polar surface area (TPSA) is 89.3 Å². The van der Waals surface area contributed by atoms with E-state index in [9.17, 15) is 17.6 Å². The molecule has 116 valence electrons. The van der Waals surface area contributed by atoms with Crippen molar-refractivity contribution in [2.24, 2.45) is 5.14 Å². The average Bonchev–Trinajstić information content (AvgIpc) is 2.46. The minimum atomic E-state index is -3.75. The van der Waals surface area contributed by atoms with Gasteiger partial charge in [0, 0.05) is 0 Å². The summed E-state index contributed by atoms with van der Waals surface area (Å²) in [6, 6.07) is 11.1. The van der Waals surface area contributed by atoms with Gasteiger partial charge in [-0.15, -0.1) is 0 Å². The Hall–Kier alpha value is -2.25. The number of benzene rings is 2. The predicted molar refractivity (Wildman–Crippen MR) is 80.1 cm³/mol. The highest BCUT2D eigenvalue weighted by molar-refractivity contribution is 7.89. The lowest BCUT2D eigenvalue weighted by molar-refractivity contribution is 0.0936. The summed E-state index contributed by atoms with van der Waals surface area (Å²) >= 11 is 0. The van der Waals surface area contributed by atoms with Gasteiger partial charge in [-0.3, -0.25) is 4.79 Å². The van der Waals surface area contributed by atoms with E-state index >= 15 is 0 Å². The molecule has 0 saturated carbocycles. The molecule has 0 aromatic heterocycles. The standard InChI is InChI=1S/C15H15FN2O3S/c1-10(11-6-8-12(9-7-11)22(17,20)21)18-15(19)13-4-2-3-5-14(13)16/h2-10H,1H3,(H,18,19)(H2,17,20,21). The molecule has 7 heteroatoms. The van der Waals surface area contributed by atoms with E-state index in [1.807, 2.05) is 0 Å². The van der Waals surface area contributed by atoms with Gasteiger partial charge in [-0.2, -0.15) is 0 Å². The summed E-state index contributed by atoms with van der Waals surface area (Å²) in [5, 5.41) is 7.67. The lowest BCUT2D eigenvalue weighted by Crippen LogP contribution is -2.27. The number of hydrogen-bond donors (Lipinski definition) is 2. The Kier molecular flexibility index (Phi) is 4.58. The van der Waals surface area contributed by atoms with Crippen LogP contribution in [0.4, 0.5) is 4.39 Å². The van der Waals surface area contributed by atoms with Gasteiger partial charge in [-0.05, 0) is 36.8 Å². The maximum Gasteiger partial charge on any atom is 0.254 e. The summed E-state index contributed by atoms with van der Waals surface area (Å²) in [6.07, 6.45) is 0. The number of rotatable bonds is 4. The number of carbonyl (C=O) groups excluding carboxylic acids is 1. The molecular formula is C15H15FN2O3S. The molecule has 0 heterocycles. The number of nitrogens with one attached hydrogen (secondary N) is 1. The van der Waals surface area contributed by atoms with Crippen LogP contribution in [0.3, 0.4) is 0 Å². The molecule has 22 heavy (non-hydrogen) atoms. The molecule has 0 aliphatic heterocycles. The molecule has 5 nitrogen and oxygen atoms in total. The maximum atomic E-state index is 13.5. The van der Waals surface area contributed by atoms with Gasteiger partial charge in [0.2, 0.25) is 10.0 Å². The van der Waals surface area contributed by atoms with Crippen molar-refractivity contribution >= 4 is 15.9 Å². The number of nitrogens with two attached hydrogens (primary N) is 1. The Morgan fingerprint density at radius 3 is 2.27 bits per heavy atom. The van der Waals surface area contributed by atoms with Crippen LogP contribution in [0.1, 0.15) is 28.9 Å². The minimum Gasteiger partial charge on any atom is -0.345 e. The van der Waals surface area contributed by atoms with E-state index in [1.54, 1.807) is 25.1 Å². The SMILES string of the molecule is CC(NC(=O)c1ccccc1F)c1ccc(S(N)(=O)=O)cc1. The van der Waals surface area contributed by atoms with Gasteiger partial charge < -0.3 is 5.32 Å². The summed E-state index contributed by atoms with van der Waals surface area (Å²) in [5.41, 5.74) is 0.632. The number of hydrogen-bond acceptors (Lipinski definition) is 3. The third-order valence-electron chi connectivity index (χ3n) is 3.17. The Labute approximate surface area is 128 Å². The first kappa shape index (κ1) is 16.1. The van der Waals surface area contributed by atoms with Crippen LogP contribution in [0.25, 0.3) is 0 Å². The molecule has 0 spiro atoms. The van der Waals surface area contributed by atoms with Crippen molar-refractivity contribution < 1.29 is 17.6 Å². The summed E-state index contributed by atoms with van der Waals surface area (Å²) in [5.74, 6) is -1.14. The highest BCUT2D eigenvalue weighted by Gasteiger charge is 2.15. The summed E-state index contributed by atoms with van der Waals surface area (Å²) in [6.45, 7) is 1.71. The molecular weight excluding hydrogens is 307 g/mol. The summed E-state index contributed by atoms with van der Waals surface area (Å²) in [7, 11) is -3.75. The second-order valence-electron chi connectivity index (χ2n) is 4.79. The zero-order valence-corrected chi connectivity index (χ0v) is 12.6. The van der Waals surface area contributed by atoms with E-state index in [2.05, 4.69) is 5.32 Å². The van der Waals surface area contributed by atoms with Crippen molar-refractivity contribution in [1.82, 2.24) is 5.32 Å². The van der Waals surface area contributed by atoms with Crippen molar-refractivity contribution in [2.45, 2.75) is 17.9 Å². The first-order chi connectivity index (χ1) is 10.3. The Morgan fingerprint density at radius 2 is 1.73 bits per heavy atom. The quantitative estimate of drug-likeness (QED) is 0.902. The van der Waals surface area contributed by atoms with Gasteiger partial charge in [-0.1, -0.05) is 24.3 Å². The van der Waals surface area contributed by atoms with Gasteiger partial charge in [0.25, 0.3) is 5.91 Å². The van der Waals surface area contributed by atoms with E-state index in [-0.39, 0.29) is 10.5 Å². The monoisotopic (exact) mass is 322 g/mol. The normalized spacial score (nSPS) is 12.7. The number of sulfonamides is 1. The second kappa shape index (κ2) is 6.25. The predicted octanol–water partition coefficient (Wildman–Crippen LogP) is 1.96. The fraction of sp³-hybridized carbons (Fsp3) is 0.133. The molecule has 0 aliphatic rings. The van der Waals surface area contributed by atoms with E-state index in [1.165, 1.54) is 30.3 Å². The van der Waals surface area contributed by atoms with E-state index < -0.39 is 27.8 Å². The van der Waals surface area contributed by atoms with Gasteiger partial charge in [0.1, 0.15) is 5.82 Å². The van der Waals surface area contributed by atoms with Crippen molar-refractivity contribution in [3.05, 3.63) is 65.5 Å². The molecule has 0 saturated heterocycles. The minimum absolute atomic E-state index is 0.0103. The van der Waals surface area contributed by atoms with Crippen LogP contribution in [-0.4, -0.2) is 14.3 Å². The molecule has 2 rings (SSSR count). The lowest BCUT2D eigenvalue weighted by Gasteiger charge is -2.15. The van der Waals surface area contributed by atoms with Crippen LogP contribution >= 0.6 is 0 Å². The lowest BCUT2D eigenvalue weighted by atomic mass is 10.1. The van der Waals surface area contributed by atoms with Gasteiger partial charge in [0.15, 0.2) is 0 Å². The van der Waals surface area contributed by atoms with Crippen LogP contribution in [0, 0.1) is 5.82 Å². The molecule has 3 N–H and O–H groups in total. The largest absolute Gasteiger partial charge is 0.345 e. The first-order valence-corrected chi connectivity index (χ1v) is 8.02. The molecule has 1 amide bonds. The second-order valence-corrected chi connectivity index (χ2v) is 6.35. The third kappa shape index (κ3) is 3.69. The van der Waals surface area contributed by atoms with E-state index in [0.29, 0.717) is 5.56 Å². The average molecular weight is 322 g/mol. The van der Waals surface area contributed by atoms with Gasteiger partial charge >= 0.3 is 0 Å². The van der Waals surface area contributed by atoms with Crippen LogP contribution < -0.4 is 10.5 Å². The zero-order chi connectivity index (χ0) is 16.3. The number of primary sulfonamides is 1. The Bertz CT molecular complexity index is 789. The fourth-order valence-corrected chi connectivity index (χ4v) is 2.46. The van der Waals surface area contributed by atoms with Crippen LogP contribution in [0.5, 0.6) is 0 Å². The van der Waals surface area contributed by atoms with Crippen molar-refractivity contribution in [3.63, 3.8) is 0 Å². The molecule has 0 radical (unpaired) electrons. The summed E-state index contributed by atoms with van der Waals surface area (Å²) in [4.78, 5) is 12.0. The molecule has 2 aromatic rings. The van der Waals surface area contributed by atoms with Crippen LogP contribution in [0.2, 0.25) is 0 Å². The molecule has 0 aliphatic carbocycles. The van der Waals surface area contributed by atoms with Crippen molar-refractivity contribution in [1.29, 1.82) is 0 Å². The molecule has 1 atom stereocenters. The molecule has 1 unspecified atom stereocenters. The smallest absolute Gasteiger partial charge is 0.254 e. The number of amides is 1. The van der Waals surface area contributed by atoms with Gasteiger partial charge in [-0.25, -0.2) is 17.9 Å². The highest BCUT2D eigenvalue weighted by Crippen LogP contribution is 2.16. The highest BCUT2D eigenvalue weighted by atomic mass is 32.2. The fourth-order valence-electron chi connectivity index (χ4n) is 1.95. The molecule has 0 bridgehead atoms.